The fourth-order valence-electron chi connectivity index (χ4n) is 16.8. The number of hydrogen-bond acceptors (Lipinski definition) is 12. The first-order chi connectivity index (χ1) is 63.4. The van der Waals surface area contributed by atoms with Crippen LogP contribution >= 0.6 is 34.0 Å². The van der Waals surface area contributed by atoms with E-state index in [1.807, 2.05) is 72.8 Å². The summed E-state index contributed by atoms with van der Waals surface area (Å²) in [5.41, 5.74) is 23.7. The van der Waals surface area contributed by atoms with Crippen LogP contribution in [0, 0.1) is 0 Å². The Morgan fingerprint density at radius 3 is 0.828 bits per heavy atom. The molecule has 6 heterocycles. The van der Waals surface area contributed by atoms with Gasteiger partial charge in [0.05, 0.1) is 14.6 Å². The van der Waals surface area contributed by atoms with Crippen molar-refractivity contribution in [3.05, 3.63) is 442 Å². The zero-order valence-electron chi connectivity index (χ0n) is 69.7. The summed E-state index contributed by atoms with van der Waals surface area (Å²) in [6, 6.07) is 152. The lowest BCUT2D eigenvalue weighted by molar-refractivity contribution is 0.724. The minimum atomic E-state index is 0.657. The topological polar surface area (TPSA) is 116 Å². The summed E-state index contributed by atoms with van der Waals surface area (Å²) >= 11 is 5.20. The molecule has 23 rings (SSSR count). The van der Waals surface area contributed by atoms with Crippen LogP contribution in [0.25, 0.3) is 209 Å². The van der Waals surface area contributed by atoms with Gasteiger partial charge < -0.3 is 0 Å². The molecule has 22 aromatic rings. The highest BCUT2D eigenvalue weighted by Crippen LogP contribution is 2.46. The van der Waals surface area contributed by atoms with E-state index in [1.165, 1.54) is 112 Å². The molecule has 0 spiro atoms. The molecule has 608 valence electrons. The van der Waals surface area contributed by atoms with Crippen LogP contribution < -0.4 is 0 Å². The monoisotopic (exact) mass is 1700 g/mol. The summed E-state index contributed by atoms with van der Waals surface area (Å²) in [6.07, 6.45) is 5.28. The van der Waals surface area contributed by atoms with Crippen molar-refractivity contribution in [1.82, 2.24) is 44.9 Å². The molecule has 0 atom stereocenters. The third-order valence-corrected chi connectivity index (χ3v) is 26.9. The maximum atomic E-state index is 5.07. The predicted octanol–water partition coefficient (Wildman–Crippen LogP) is 31.6. The molecule has 0 amide bonds. The summed E-state index contributed by atoms with van der Waals surface area (Å²) in [7, 11) is 0. The van der Waals surface area contributed by atoms with Gasteiger partial charge in [0.2, 0.25) is 0 Å². The summed E-state index contributed by atoms with van der Waals surface area (Å²) in [4.78, 5) is 48.3. The van der Waals surface area contributed by atoms with Crippen LogP contribution in [0.15, 0.2) is 437 Å². The average Bonchev–Trinajstić information content (AvgIpc) is 1.60. The molecular formula is C116H81N9S3. The lowest BCUT2D eigenvalue weighted by Gasteiger charge is -2.10. The summed E-state index contributed by atoms with van der Waals surface area (Å²) in [6.45, 7) is 0. The molecular weight excluding hydrogens is 1620 g/mol. The van der Waals surface area contributed by atoms with Gasteiger partial charge in [-0.25, -0.2) is 44.9 Å². The van der Waals surface area contributed by atoms with Gasteiger partial charge in [-0.15, -0.1) is 34.0 Å². The molecule has 1 saturated carbocycles. The first kappa shape index (κ1) is 79.6. The molecule has 6 aromatic heterocycles. The molecule has 0 radical (unpaired) electrons. The minimum absolute atomic E-state index is 0.657. The van der Waals surface area contributed by atoms with Gasteiger partial charge in [0, 0.05) is 58.4 Å². The normalized spacial score (nSPS) is 11.9. The number of nitrogens with zero attached hydrogens (tertiary/aromatic N) is 9. The molecule has 0 aliphatic heterocycles. The minimum Gasteiger partial charge on any atom is -0.208 e. The molecule has 1 aliphatic carbocycles. The van der Waals surface area contributed by atoms with Crippen LogP contribution in [0.1, 0.15) is 37.2 Å². The van der Waals surface area contributed by atoms with Crippen LogP contribution in [0.5, 0.6) is 0 Å². The van der Waals surface area contributed by atoms with Crippen molar-refractivity contribution in [2.24, 2.45) is 0 Å². The van der Waals surface area contributed by atoms with Crippen molar-refractivity contribution in [2.75, 3.05) is 0 Å². The quantitative estimate of drug-likeness (QED) is 0.0879. The van der Waals surface area contributed by atoms with Crippen molar-refractivity contribution in [3.63, 3.8) is 0 Å². The van der Waals surface area contributed by atoms with Gasteiger partial charge in [-0.05, 0) is 138 Å². The van der Waals surface area contributed by atoms with Gasteiger partial charge in [0.15, 0.2) is 52.4 Å². The van der Waals surface area contributed by atoms with Gasteiger partial charge in [-0.1, -0.05) is 419 Å². The van der Waals surface area contributed by atoms with Gasteiger partial charge in [-0.3, -0.25) is 0 Å². The summed E-state index contributed by atoms with van der Waals surface area (Å²) in [5.74, 6) is 6.77. The predicted molar refractivity (Wildman–Crippen MR) is 534 cm³/mol. The standard InChI is InChI=1S/C41H27N3S.C40H31N3S.C35H23N3S/c1-4-10-28(11-5-1)31-16-20-33(21-17-31)39-42-40(34-22-18-32(19-23-34)29-12-6-2-7-13-29)44-41(43-39)38-27-36-25-24-35(26-37(36)45-38)30-14-8-3-9-15-30;1-3-9-27(10-4-1)30-15-19-32(20-16-30)38-41-39(33-21-17-31(18-22-33)28-11-5-2-6-12-28)43-40(42-38)37-26-35-25-34(23-24-36(35)44-37)29-13-7-8-14-29;1-4-12-24(13-5-1)25-20-22-28(23-21-25)34-36-33(27-16-8-3-9-17-27)37-35(38-34)32-31(26-14-6-2-7-15-26)29-18-10-11-19-30(29)39-32/h1-27H;1-6,9-12,15-26,29H,7-8,13-14H2;1-23H. The van der Waals surface area contributed by atoms with E-state index >= 15 is 0 Å². The number of aromatic nitrogens is 9. The van der Waals surface area contributed by atoms with Crippen LogP contribution in [0.2, 0.25) is 0 Å². The van der Waals surface area contributed by atoms with E-state index in [0.717, 1.165) is 75.8 Å². The SMILES string of the molecule is c1ccc(-c2ccc(-c3nc(-c4ccc(-c5ccccc5)cc4)nc(-c4cc5cc(C6CCCC6)ccc5s4)n3)cc2)cc1.c1ccc(-c2ccc(-c3nc(-c4ccc(-c5ccccc5)cc4)nc(-c4cc5ccc(-c6ccccc6)cc5s4)n3)cc2)cc1.c1ccc(-c2ccc(-c3nc(-c4ccccc4)nc(-c4sc5ccccc5c4-c4ccccc4)n3)cc2)cc1. The Labute approximate surface area is 755 Å². The molecule has 0 unspecified atom stereocenters. The van der Waals surface area contributed by atoms with E-state index < -0.39 is 0 Å². The third kappa shape index (κ3) is 17.6. The molecule has 0 N–H and O–H groups in total. The second-order valence-electron chi connectivity index (χ2n) is 31.8. The number of thiophene rings is 3. The first-order valence-electron chi connectivity index (χ1n) is 43.2. The van der Waals surface area contributed by atoms with Gasteiger partial charge in [0.25, 0.3) is 0 Å². The van der Waals surface area contributed by atoms with Crippen LogP contribution in [0.3, 0.4) is 0 Å². The Bertz CT molecular complexity index is 7390. The molecule has 12 heteroatoms. The Hall–Kier alpha value is -15.6. The number of fused-ring (bicyclic) bond motifs is 3. The maximum absolute atomic E-state index is 5.07. The lowest BCUT2D eigenvalue weighted by Crippen LogP contribution is -2.00. The highest BCUT2D eigenvalue weighted by Gasteiger charge is 2.24. The van der Waals surface area contributed by atoms with Gasteiger partial charge >= 0.3 is 0 Å². The number of hydrogen-bond donors (Lipinski definition) is 0. The highest BCUT2D eigenvalue weighted by atomic mass is 32.1. The van der Waals surface area contributed by atoms with Crippen molar-refractivity contribution in [1.29, 1.82) is 0 Å². The zero-order valence-corrected chi connectivity index (χ0v) is 72.2. The maximum Gasteiger partial charge on any atom is 0.174 e. The molecule has 9 nitrogen and oxygen atoms in total. The Morgan fingerprint density at radius 1 is 0.180 bits per heavy atom. The van der Waals surface area contributed by atoms with Gasteiger partial charge in [-0.2, -0.15) is 0 Å². The van der Waals surface area contributed by atoms with E-state index in [4.69, 9.17) is 44.9 Å². The van der Waals surface area contributed by atoms with Gasteiger partial charge in [0.1, 0.15) is 0 Å². The fraction of sp³-hybridized carbons (Fsp3) is 0.0431. The second-order valence-corrected chi connectivity index (χ2v) is 35.0. The highest BCUT2D eigenvalue weighted by molar-refractivity contribution is 7.23. The van der Waals surface area contributed by atoms with E-state index in [9.17, 15) is 0 Å². The second kappa shape index (κ2) is 36.7. The fourth-order valence-corrected chi connectivity index (χ4v) is 19.9. The summed E-state index contributed by atoms with van der Waals surface area (Å²) in [5, 5.41) is 3.66. The molecule has 16 aromatic carbocycles. The number of rotatable bonds is 17. The largest absolute Gasteiger partial charge is 0.208 e. The van der Waals surface area contributed by atoms with Crippen LogP contribution in [-0.2, 0) is 0 Å². The Balaban J connectivity index is 0.000000117. The van der Waals surface area contributed by atoms with Crippen molar-refractivity contribution in [2.45, 2.75) is 31.6 Å². The van der Waals surface area contributed by atoms with Crippen LogP contribution in [-0.4, -0.2) is 44.9 Å². The molecule has 128 heavy (non-hydrogen) atoms. The zero-order chi connectivity index (χ0) is 85.3. The Morgan fingerprint density at radius 2 is 0.453 bits per heavy atom. The molecule has 1 aliphatic rings. The summed E-state index contributed by atoms with van der Waals surface area (Å²) < 4.78 is 3.68. The van der Waals surface area contributed by atoms with E-state index in [1.54, 1.807) is 34.0 Å². The smallest absolute Gasteiger partial charge is 0.174 e. The lowest BCUT2D eigenvalue weighted by atomic mass is 9.97. The Kier molecular flexibility index (Phi) is 22.8. The molecule has 1 fully saturated rings. The third-order valence-electron chi connectivity index (χ3n) is 23.5. The molecule has 0 saturated heterocycles. The van der Waals surface area contributed by atoms with Crippen molar-refractivity contribution in [3.8, 4) is 178 Å². The average molecular weight is 1700 g/mol. The first-order valence-corrected chi connectivity index (χ1v) is 45.7. The van der Waals surface area contributed by atoms with Crippen molar-refractivity contribution < 1.29 is 0 Å². The van der Waals surface area contributed by atoms with Crippen molar-refractivity contribution >= 4 is 64.3 Å². The van der Waals surface area contributed by atoms with E-state index in [2.05, 4.69) is 364 Å². The van der Waals surface area contributed by atoms with Crippen LogP contribution in [0.4, 0.5) is 0 Å². The molecule has 0 bridgehead atoms. The van der Waals surface area contributed by atoms with E-state index in [0.29, 0.717) is 58.3 Å². The number of benzene rings is 16. The van der Waals surface area contributed by atoms with E-state index in [-0.39, 0.29) is 0 Å².